The summed E-state index contributed by atoms with van der Waals surface area (Å²) in [6.45, 7) is 2.04. The predicted molar refractivity (Wildman–Crippen MR) is 87.0 cm³/mol. The number of anilines is 1. The summed E-state index contributed by atoms with van der Waals surface area (Å²) in [5.74, 6) is 0.465. The van der Waals surface area contributed by atoms with E-state index in [0.717, 1.165) is 31.5 Å². The van der Waals surface area contributed by atoms with E-state index in [-0.39, 0.29) is 11.7 Å². The summed E-state index contributed by atoms with van der Waals surface area (Å²) in [5, 5.41) is 2.56. The van der Waals surface area contributed by atoms with Gasteiger partial charge in [0.15, 0.2) is 0 Å². The van der Waals surface area contributed by atoms with E-state index >= 15 is 0 Å². The van der Waals surface area contributed by atoms with Gasteiger partial charge < -0.3 is 14.8 Å². The molecule has 5 nitrogen and oxygen atoms in total. The van der Waals surface area contributed by atoms with Crippen LogP contribution in [0.3, 0.4) is 0 Å². The SMILES string of the molecule is O=C(Nc1cccc(C(F)(F)F)c1)N1CCC(Cn2ccnc2)CC1. The zero-order valence-electron chi connectivity index (χ0n) is 13.5. The van der Waals surface area contributed by atoms with Gasteiger partial charge in [0.2, 0.25) is 0 Å². The summed E-state index contributed by atoms with van der Waals surface area (Å²) >= 11 is 0. The Hall–Kier alpha value is -2.51. The molecule has 1 aliphatic rings. The van der Waals surface area contributed by atoms with Crippen LogP contribution in [0.15, 0.2) is 43.0 Å². The highest BCUT2D eigenvalue weighted by atomic mass is 19.4. The van der Waals surface area contributed by atoms with Crippen LogP contribution in [0.25, 0.3) is 0 Å². The van der Waals surface area contributed by atoms with Crippen LogP contribution in [0, 0.1) is 5.92 Å². The number of urea groups is 1. The first-order valence-electron chi connectivity index (χ1n) is 8.11. The lowest BCUT2D eigenvalue weighted by molar-refractivity contribution is -0.137. The first-order valence-corrected chi connectivity index (χ1v) is 8.11. The van der Waals surface area contributed by atoms with E-state index in [2.05, 4.69) is 10.3 Å². The number of imidazole rings is 1. The minimum atomic E-state index is -4.42. The Labute approximate surface area is 143 Å². The smallest absolute Gasteiger partial charge is 0.337 e. The average Bonchev–Trinajstić information content (AvgIpc) is 3.08. The summed E-state index contributed by atoms with van der Waals surface area (Å²) in [5.41, 5.74) is -0.621. The summed E-state index contributed by atoms with van der Waals surface area (Å²) in [7, 11) is 0. The molecule has 8 heteroatoms. The van der Waals surface area contributed by atoms with Crippen LogP contribution >= 0.6 is 0 Å². The zero-order chi connectivity index (χ0) is 17.9. The molecular weight excluding hydrogens is 333 g/mol. The average molecular weight is 352 g/mol. The van der Waals surface area contributed by atoms with Gasteiger partial charge in [0, 0.05) is 37.7 Å². The molecule has 0 unspecified atom stereocenters. The number of hydrogen-bond donors (Lipinski definition) is 1. The summed E-state index contributed by atoms with van der Waals surface area (Å²) in [6, 6.07) is 4.32. The molecular formula is C17H19F3N4O. The van der Waals surface area contributed by atoms with Crippen LogP contribution in [-0.4, -0.2) is 33.6 Å². The van der Waals surface area contributed by atoms with E-state index in [1.165, 1.54) is 12.1 Å². The van der Waals surface area contributed by atoms with Crippen molar-refractivity contribution >= 4 is 11.7 Å². The van der Waals surface area contributed by atoms with Crippen LogP contribution in [0.2, 0.25) is 0 Å². The van der Waals surface area contributed by atoms with Crippen molar-refractivity contribution in [2.45, 2.75) is 25.6 Å². The van der Waals surface area contributed by atoms with Gasteiger partial charge in [-0.15, -0.1) is 0 Å². The van der Waals surface area contributed by atoms with Crippen molar-refractivity contribution in [1.82, 2.24) is 14.5 Å². The first kappa shape index (κ1) is 17.3. The number of carbonyl (C=O) groups excluding carboxylic acids is 1. The molecule has 1 fully saturated rings. The Morgan fingerprint density at radius 1 is 1.28 bits per heavy atom. The molecule has 1 saturated heterocycles. The van der Waals surface area contributed by atoms with Crippen molar-refractivity contribution < 1.29 is 18.0 Å². The van der Waals surface area contributed by atoms with Crippen molar-refractivity contribution in [2.24, 2.45) is 5.92 Å². The normalized spacial score (nSPS) is 16.0. The molecule has 0 aliphatic carbocycles. The van der Waals surface area contributed by atoms with Crippen LogP contribution < -0.4 is 5.32 Å². The number of halogens is 3. The standard InChI is InChI=1S/C17H19F3N4O/c18-17(19,20)14-2-1-3-15(10-14)22-16(25)24-7-4-13(5-8-24)11-23-9-6-21-12-23/h1-3,6,9-10,12-13H,4-5,7-8,11H2,(H,22,25). The minimum absolute atomic E-state index is 0.153. The van der Waals surface area contributed by atoms with Gasteiger partial charge in [-0.3, -0.25) is 0 Å². The molecule has 1 aliphatic heterocycles. The molecule has 0 bridgehead atoms. The van der Waals surface area contributed by atoms with Crippen molar-refractivity contribution in [3.8, 4) is 0 Å². The number of alkyl halides is 3. The fourth-order valence-electron chi connectivity index (χ4n) is 2.99. The van der Waals surface area contributed by atoms with E-state index in [0.29, 0.717) is 19.0 Å². The molecule has 3 rings (SSSR count). The number of carbonyl (C=O) groups is 1. The Bertz CT molecular complexity index is 707. The Morgan fingerprint density at radius 2 is 2.04 bits per heavy atom. The third-order valence-corrected chi connectivity index (χ3v) is 4.37. The van der Waals surface area contributed by atoms with E-state index in [9.17, 15) is 18.0 Å². The van der Waals surface area contributed by atoms with Gasteiger partial charge in [-0.25, -0.2) is 9.78 Å². The quantitative estimate of drug-likeness (QED) is 0.912. The van der Waals surface area contributed by atoms with Gasteiger partial charge in [-0.1, -0.05) is 6.07 Å². The maximum absolute atomic E-state index is 12.7. The van der Waals surface area contributed by atoms with Crippen molar-refractivity contribution in [1.29, 1.82) is 0 Å². The van der Waals surface area contributed by atoms with E-state index in [1.807, 2.05) is 10.8 Å². The Morgan fingerprint density at radius 3 is 2.68 bits per heavy atom. The number of hydrogen-bond acceptors (Lipinski definition) is 2. The molecule has 2 heterocycles. The van der Waals surface area contributed by atoms with Crippen LogP contribution in [0.1, 0.15) is 18.4 Å². The van der Waals surface area contributed by atoms with Crippen LogP contribution in [-0.2, 0) is 12.7 Å². The Balaban J connectivity index is 1.53. The predicted octanol–water partition coefficient (Wildman–Crippen LogP) is 3.85. The van der Waals surface area contributed by atoms with E-state index < -0.39 is 11.7 Å². The molecule has 0 radical (unpaired) electrons. The molecule has 1 aromatic carbocycles. The van der Waals surface area contributed by atoms with Gasteiger partial charge in [0.1, 0.15) is 0 Å². The number of amides is 2. The van der Waals surface area contributed by atoms with Gasteiger partial charge in [0.05, 0.1) is 11.9 Å². The number of rotatable bonds is 3. The number of nitrogens with one attached hydrogen (secondary N) is 1. The molecule has 2 aromatic rings. The number of benzene rings is 1. The lowest BCUT2D eigenvalue weighted by Gasteiger charge is -2.32. The van der Waals surface area contributed by atoms with Gasteiger partial charge in [0.25, 0.3) is 0 Å². The fourth-order valence-corrected chi connectivity index (χ4v) is 2.99. The monoisotopic (exact) mass is 352 g/mol. The number of piperidine rings is 1. The topological polar surface area (TPSA) is 50.2 Å². The zero-order valence-corrected chi connectivity index (χ0v) is 13.5. The first-order chi connectivity index (χ1) is 11.9. The molecule has 2 amide bonds. The highest BCUT2D eigenvalue weighted by molar-refractivity contribution is 5.89. The lowest BCUT2D eigenvalue weighted by atomic mass is 9.97. The second-order valence-corrected chi connectivity index (χ2v) is 6.20. The number of likely N-dealkylation sites (tertiary alicyclic amines) is 1. The maximum Gasteiger partial charge on any atom is 0.416 e. The third-order valence-electron chi connectivity index (χ3n) is 4.37. The van der Waals surface area contributed by atoms with E-state index in [4.69, 9.17) is 0 Å². The van der Waals surface area contributed by atoms with E-state index in [1.54, 1.807) is 17.4 Å². The van der Waals surface area contributed by atoms with Gasteiger partial charge in [-0.2, -0.15) is 13.2 Å². The second-order valence-electron chi connectivity index (χ2n) is 6.20. The van der Waals surface area contributed by atoms with Crippen molar-refractivity contribution in [3.63, 3.8) is 0 Å². The Kier molecular flexibility index (Phi) is 4.96. The summed E-state index contributed by atoms with van der Waals surface area (Å²) < 4.78 is 40.2. The van der Waals surface area contributed by atoms with Crippen LogP contribution in [0.5, 0.6) is 0 Å². The van der Waals surface area contributed by atoms with Gasteiger partial charge >= 0.3 is 12.2 Å². The van der Waals surface area contributed by atoms with Crippen molar-refractivity contribution in [2.75, 3.05) is 18.4 Å². The highest BCUT2D eigenvalue weighted by Gasteiger charge is 2.30. The third kappa shape index (κ3) is 4.52. The summed E-state index contributed by atoms with van der Waals surface area (Å²) in [6.07, 6.45) is 2.70. The number of nitrogens with zero attached hydrogens (tertiary/aromatic N) is 3. The van der Waals surface area contributed by atoms with Gasteiger partial charge in [-0.05, 0) is 37.0 Å². The molecule has 0 spiro atoms. The summed E-state index contributed by atoms with van der Waals surface area (Å²) in [4.78, 5) is 17.9. The molecule has 0 saturated carbocycles. The second kappa shape index (κ2) is 7.16. The van der Waals surface area contributed by atoms with Crippen LogP contribution in [0.4, 0.5) is 23.7 Å². The fraction of sp³-hybridized carbons (Fsp3) is 0.412. The molecule has 25 heavy (non-hydrogen) atoms. The number of aromatic nitrogens is 2. The minimum Gasteiger partial charge on any atom is -0.337 e. The molecule has 1 N–H and O–H groups in total. The molecule has 134 valence electrons. The molecule has 0 atom stereocenters. The maximum atomic E-state index is 12.7. The van der Waals surface area contributed by atoms with Crippen molar-refractivity contribution in [3.05, 3.63) is 48.5 Å². The molecule has 1 aromatic heterocycles. The largest absolute Gasteiger partial charge is 0.416 e. The lowest BCUT2D eigenvalue weighted by Crippen LogP contribution is -2.41. The highest BCUT2D eigenvalue weighted by Crippen LogP contribution is 2.30.